The van der Waals surface area contributed by atoms with Crippen LogP contribution < -0.4 is 5.73 Å². The molecule has 0 saturated heterocycles. The summed E-state index contributed by atoms with van der Waals surface area (Å²) in [4.78, 5) is 14.5. The van der Waals surface area contributed by atoms with Crippen LogP contribution in [0.15, 0.2) is 49.1 Å². The SMILES string of the molecule is NC(=O)N1C=CN2C=Cc3ccccc3C2=C1. The van der Waals surface area contributed by atoms with Crippen molar-refractivity contribution in [2.75, 3.05) is 0 Å². The highest BCUT2D eigenvalue weighted by Gasteiger charge is 2.20. The van der Waals surface area contributed by atoms with Gasteiger partial charge in [0.25, 0.3) is 0 Å². The third kappa shape index (κ3) is 1.50. The molecule has 0 aliphatic carbocycles. The fraction of sp³-hybridized carbons (Fsp3) is 0. The molecule has 84 valence electrons. The monoisotopic (exact) mass is 225 g/mol. The zero-order valence-corrected chi connectivity index (χ0v) is 9.08. The second-order valence-electron chi connectivity index (χ2n) is 3.87. The number of rotatable bonds is 0. The number of fused-ring (bicyclic) bond motifs is 3. The fourth-order valence-electron chi connectivity index (χ4n) is 1.98. The summed E-state index contributed by atoms with van der Waals surface area (Å²) in [6, 6.07) is 7.54. The summed E-state index contributed by atoms with van der Waals surface area (Å²) in [6.45, 7) is 0. The standard InChI is InChI=1S/C13H11N3O/c14-13(17)16-8-7-15-6-5-10-3-1-2-4-11(10)12(15)9-16/h1-9H,(H2,14,17). The molecule has 0 aromatic heterocycles. The lowest BCUT2D eigenvalue weighted by Crippen LogP contribution is -2.31. The summed E-state index contributed by atoms with van der Waals surface area (Å²) in [6.07, 6.45) is 9.20. The van der Waals surface area contributed by atoms with Crippen LogP contribution in [0.2, 0.25) is 0 Å². The minimum Gasteiger partial charge on any atom is -0.351 e. The van der Waals surface area contributed by atoms with E-state index >= 15 is 0 Å². The maximum atomic E-state index is 11.2. The second-order valence-corrected chi connectivity index (χ2v) is 3.87. The molecule has 0 saturated carbocycles. The van der Waals surface area contributed by atoms with E-state index in [9.17, 15) is 4.79 Å². The van der Waals surface area contributed by atoms with Crippen molar-refractivity contribution >= 4 is 17.8 Å². The Morgan fingerprint density at radius 2 is 1.94 bits per heavy atom. The quantitative estimate of drug-likeness (QED) is 0.735. The van der Waals surface area contributed by atoms with E-state index in [4.69, 9.17) is 5.73 Å². The van der Waals surface area contributed by atoms with Gasteiger partial charge in [0.2, 0.25) is 0 Å². The molecule has 2 heterocycles. The zero-order chi connectivity index (χ0) is 11.8. The molecule has 0 bridgehead atoms. The maximum absolute atomic E-state index is 11.2. The van der Waals surface area contributed by atoms with Gasteiger partial charge >= 0.3 is 6.03 Å². The van der Waals surface area contributed by atoms with Crippen molar-refractivity contribution in [2.45, 2.75) is 0 Å². The van der Waals surface area contributed by atoms with E-state index in [-0.39, 0.29) is 0 Å². The predicted octanol–water partition coefficient (Wildman–Crippen LogP) is 2.14. The smallest absolute Gasteiger partial charge is 0.323 e. The van der Waals surface area contributed by atoms with Crippen molar-refractivity contribution < 1.29 is 4.79 Å². The van der Waals surface area contributed by atoms with E-state index in [0.29, 0.717) is 0 Å². The van der Waals surface area contributed by atoms with E-state index in [1.54, 1.807) is 12.4 Å². The van der Waals surface area contributed by atoms with Gasteiger partial charge in [-0.3, -0.25) is 4.90 Å². The Morgan fingerprint density at radius 1 is 1.12 bits per heavy atom. The van der Waals surface area contributed by atoms with Gasteiger partial charge in [-0.15, -0.1) is 0 Å². The summed E-state index contributed by atoms with van der Waals surface area (Å²) in [5.74, 6) is 0. The highest BCUT2D eigenvalue weighted by Crippen LogP contribution is 2.31. The molecule has 1 aromatic carbocycles. The molecule has 2 aliphatic heterocycles. The first-order chi connectivity index (χ1) is 8.25. The Balaban J connectivity index is 2.11. The van der Waals surface area contributed by atoms with Gasteiger partial charge < -0.3 is 10.6 Å². The summed E-state index contributed by atoms with van der Waals surface area (Å²) in [7, 11) is 0. The molecule has 1 aromatic rings. The lowest BCUT2D eigenvalue weighted by Gasteiger charge is -2.30. The number of benzene rings is 1. The minimum atomic E-state index is -0.486. The summed E-state index contributed by atoms with van der Waals surface area (Å²) >= 11 is 0. The Morgan fingerprint density at radius 3 is 2.76 bits per heavy atom. The number of nitrogens with zero attached hydrogens (tertiary/aromatic N) is 2. The van der Waals surface area contributed by atoms with E-state index < -0.39 is 6.03 Å². The second kappa shape index (κ2) is 3.52. The van der Waals surface area contributed by atoms with Crippen LogP contribution in [0.4, 0.5) is 4.79 Å². The van der Waals surface area contributed by atoms with E-state index in [1.165, 1.54) is 4.90 Å². The lowest BCUT2D eigenvalue weighted by molar-refractivity contribution is 0.234. The molecule has 2 aliphatic rings. The molecule has 2 N–H and O–H groups in total. The Kier molecular flexibility index (Phi) is 2.01. The van der Waals surface area contributed by atoms with Gasteiger partial charge in [-0.25, -0.2) is 4.79 Å². The van der Waals surface area contributed by atoms with Crippen LogP contribution >= 0.6 is 0 Å². The first-order valence-corrected chi connectivity index (χ1v) is 5.29. The summed E-state index contributed by atoms with van der Waals surface area (Å²) < 4.78 is 0. The molecule has 0 radical (unpaired) electrons. The fourth-order valence-corrected chi connectivity index (χ4v) is 1.98. The van der Waals surface area contributed by atoms with Crippen LogP contribution in [0, 0.1) is 0 Å². The molecule has 0 fully saturated rings. The van der Waals surface area contributed by atoms with Crippen LogP contribution in [-0.4, -0.2) is 15.8 Å². The van der Waals surface area contributed by atoms with E-state index in [2.05, 4.69) is 0 Å². The van der Waals surface area contributed by atoms with E-state index in [1.807, 2.05) is 47.6 Å². The molecule has 0 atom stereocenters. The number of hydrogen-bond donors (Lipinski definition) is 1. The molecule has 0 spiro atoms. The Hall–Kier alpha value is -2.49. The maximum Gasteiger partial charge on any atom is 0.323 e. The number of urea groups is 1. The van der Waals surface area contributed by atoms with Crippen molar-refractivity contribution in [1.82, 2.24) is 9.80 Å². The van der Waals surface area contributed by atoms with Gasteiger partial charge in [0.1, 0.15) is 0 Å². The topological polar surface area (TPSA) is 49.6 Å². The predicted molar refractivity (Wildman–Crippen MR) is 65.9 cm³/mol. The van der Waals surface area contributed by atoms with Crippen molar-refractivity contribution in [3.05, 3.63) is 60.2 Å². The normalized spacial score (nSPS) is 16.4. The minimum absolute atomic E-state index is 0.486. The number of nitrogens with two attached hydrogens (primary N) is 1. The van der Waals surface area contributed by atoms with Gasteiger partial charge in [-0.1, -0.05) is 24.3 Å². The third-order valence-corrected chi connectivity index (χ3v) is 2.83. The summed E-state index contributed by atoms with van der Waals surface area (Å²) in [5, 5.41) is 0. The van der Waals surface area contributed by atoms with Crippen LogP contribution in [0.3, 0.4) is 0 Å². The van der Waals surface area contributed by atoms with Gasteiger partial charge in [0, 0.05) is 30.4 Å². The van der Waals surface area contributed by atoms with Crippen molar-refractivity contribution in [3.63, 3.8) is 0 Å². The Bertz CT molecular complexity index is 572. The molecule has 4 nitrogen and oxygen atoms in total. The molecule has 3 rings (SSSR count). The van der Waals surface area contributed by atoms with E-state index in [0.717, 1.165) is 16.8 Å². The largest absolute Gasteiger partial charge is 0.351 e. The van der Waals surface area contributed by atoms with Crippen LogP contribution in [0.5, 0.6) is 0 Å². The van der Waals surface area contributed by atoms with Crippen molar-refractivity contribution in [1.29, 1.82) is 0 Å². The summed E-state index contributed by atoms with van der Waals surface area (Å²) in [5.41, 5.74) is 8.43. The number of primary amides is 1. The van der Waals surface area contributed by atoms with Crippen molar-refractivity contribution in [2.24, 2.45) is 5.73 Å². The lowest BCUT2D eigenvalue weighted by atomic mass is 10.0. The van der Waals surface area contributed by atoms with Crippen LogP contribution in [-0.2, 0) is 0 Å². The number of amides is 2. The van der Waals surface area contributed by atoms with Crippen LogP contribution in [0.25, 0.3) is 11.8 Å². The molecule has 2 amide bonds. The first kappa shape index (κ1) is 9.72. The average molecular weight is 225 g/mol. The Labute approximate surface area is 98.9 Å². The molecule has 0 unspecified atom stereocenters. The molecular weight excluding hydrogens is 214 g/mol. The average Bonchev–Trinajstić information content (AvgIpc) is 2.38. The van der Waals surface area contributed by atoms with Crippen LogP contribution in [0.1, 0.15) is 11.1 Å². The molecule has 17 heavy (non-hydrogen) atoms. The van der Waals surface area contributed by atoms with Gasteiger partial charge in [-0.2, -0.15) is 0 Å². The third-order valence-electron chi connectivity index (χ3n) is 2.83. The number of carbonyl (C=O) groups excluding carboxylic acids is 1. The highest BCUT2D eigenvalue weighted by atomic mass is 16.2. The van der Waals surface area contributed by atoms with Gasteiger partial charge in [0.05, 0.1) is 5.70 Å². The molecular formula is C13H11N3O. The first-order valence-electron chi connectivity index (χ1n) is 5.29. The molecule has 4 heteroatoms. The van der Waals surface area contributed by atoms with Gasteiger partial charge in [0.15, 0.2) is 0 Å². The number of carbonyl (C=O) groups is 1. The van der Waals surface area contributed by atoms with Crippen molar-refractivity contribution in [3.8, 4) is 0 Å². The zero-order valence-electron chi connectivity index (χ0n) is 9.08. The highest BCUT2D eigenvalue weighted by molar-refractivity contribution is 5.83. The number of hydrogen-bond acceptors (Lipinski definition) is 2. The van der Waals surface area contributed by atoms with Gasteiger partial charge in [-0.05, 0) is 11.6 Å².